The molecule has 2 aromatic rings. The van der Waals surface area contributed by atoms with Gasteiger partial charge in [0.2, 0.25) is 5.91 Å². The highest BCUT2D eigenvalue weighted by molar-refractivity contribution is 6.29. The normalized spacial score (nSPS) is 16.8. The number of amides is 1. The van der Waals surface area contributed by atoms with Crippen molar-refractivity contribution in [3.63, 3.8) is 0 Å². The maximum Gasteiger partial charge on any atom is 0.235 e. The number of anilines is 1. The number of carbonyl (C=O) groups excluding carboxylic acids is 1. The average Bonchev–Trinajstić information content (AvgIpc) is 2.57. The molecule has 0 spiro atoms. The van der Waals surface area contributed by atoms with E-state index >= 15 is 0 Å². The maximum atomic E-state index is 13.6. The first-order chi connectivity index (χ1) is 11.1. The lowest BCUT2D eigenvalue weighted by atomic mass is 9.73. The van der Waals surface area contributed by atoms with Crippen molar-refractivity contribution in [2.24, 2.45) is 0 Å². The molecule has 1 fully saturated rings. The van der Waals surface area contributed by atoms with Gasteiger partial charge in [-0.3, -0.25) is 4.79 Å². The lowest BCUT2D eigenvalue weighted by Gasteiger charge is -2.36. The highest BCUT2D eigenvalue weighted by Gasteiger charge is 2.42. The summed E-state index contributed by atoms with van der Waals surface area (Å²) in [6.07, 6.45) is 2.51. The lowest BCUT2D eigenvalue weighted by molar-refractivity contribution is -0.125. The number of aromatic nitrogens is 1. The molecule has 1 aliphatic heterocycles. The monoisotopic (exact) mass is 334 g/mol. The number of hydrogen-bond acceptors (Lipinski definition) is 3. The van der Waals surface area contributed by atoms with Gasteiger partial charge in [0.1, 0.15) is 11.0 Å². The Morgan fingerprint density at radius 1 is 1.26 bits per heavy atom. The van der Waals surface area contributed by atoms with Gasteiger partial charge in [-0.15, -0.1) is 0 Å². The zero-order valence-electron chi connectivity index (χ0n) is 12.4. The highest BCUT2D eigenvalue weighted by Crippen LogP contribution is 2.36. The van der Waals surface area contributed by atoms with E-state index in [1.165, 1.54) is 18.3 Å². The van der Waals surface area contributed by atoms with Gasteiger partial charge < -0.3 is 10.1 Å². The largest absolute Gasteiger partial charge is 0.381 e. The first kappa shape index (κ1) is 15.9. The Balaban J connectivity index is 1.92. The van der Waals surface area contributed by atoms with E-state index in [1.54, 1.807) is 24.3 Å². The summed E-state index contributed by atoms with van der Waals surface area (Å²) in [6.45, 7) is 0.922. The van der Waals surface area contributed by atoms with Gasteiger partial charge >= 0.3 is 0 Å². The molecule has 1 aromatic carbocycles. The van der Waals surface area contributed by atoms with Crippen molar-refractivity contribution in [3.8, 4) is 0 Å². The minimum Gasteiger partial charge on any atom is -0.381 e. The molecule has 1 amide bonds. The summed E-state index contributed by atoms with van der Waals surface area (Å²) >= 11 is 5.76. The smallest absolute Gasteiger partial charge is 0.235 e. The molecule has 23 heavy (non-hydrogen) atoms. The van der Waals surface area contributed by atoms with Gasteiger partial charge in [-0.2, -0.15) is 0 Å². The number of nitrogens with zero attached hydrogens (tertiary/aromatic N) is 1. The van der Waals surface area contributed by atoms with E-state index < -0.39 is 5.41 Å². The van der Waals surface area contributed by atoms with E-state index in [1.807, 2.05) is 0 Å². The molecule has 0 saturated carbocycles. The van der Waals surface area contributed by atoms with Gasteiger partial charge in [-0.05, 0) is 42.7 Å². The number of nitrogens with one attached hydrogen (secondary N) is 1. The minimum atomic E-state index is -0.806. The summed E-state index contributed by atoms with van der Waals surface area (Å²) in [6, 6.07) is 9.50. The molecule has 0 unspecified atom stereocenters. The Morgan fingerprint density at radius 2 is 2.04 bits per heavy atom. The second kappa shape index (κ2) is 6.64. The summed E-state index contributed by atoms with van der Waals surface area (Å²) in [7, 11) is 0. The van der Waals surface area contributed by atoms with Crippen molar-refractivity contribution in [2.45, 2.75) is 18.3 Å². The third kappa shape index (κ3) is 3.35. The van der Waals surface area contributed by atoms with Crippen molar-refractivity contribution >= 4 is 23.2 Å². The van der Waals surface area contributed by atoms with Crippen LogP contribution in [0.15, 0.2) is 42.6 Å². The maximum absolute atomic E-state index is 13.6. The summed E-state index contributed by atoms with van der Waals surface area (Å²) in [4.78, 5) is 16.9. The second-order valence-electron chi connectivity index (χ2n) is 5.53. The first-order valence-corrected chi connectivity index (χ1v) is 7.75. The molecule has 1 aliphatic rings. The summed E-state index contributed by atoms with van der Waals surface area (Å²) < 4.78 is 19.0. The predicted molar refractivity (Wildman–Crippen MR) is 86.0 cm³/mol. The number of benzene rings is 1. The van der Waals surface area contributed by atoms with Crippen molar-refractivity contribution < 1.29 is 13.9 Å². The number of rotatable bonds is 3. The highest BCUT2D eigenvalue weighted by atomic mass is 35.5. The van der Waals surface area contributed by atoms with E-state index in [2.05, 4.69) is 10.3 Å². The topological polar surface area (TPSA) is 51.2 Å². The van der Waals surface area contributed by atoms with Crippen LogP contribution in [0.5, 0.6) is 0 Å². The van der Waals surface area contributed by atoms with Gasteiger partial charge in [-0.25, -0.2) is 9.37 Å². The van der Waals surface area contributed by atoms with E-state index in [4.69, 9.17) is 16.3 Å². The molecule has 120 valence electrons. The quantitative estimate of drug-likeness (QED) is 0.873. The molecule has 2 heterocycles. The first-order valence-electron chi connectivity index (χ1n) is 7.37. The molecule has 0 bridgehead atoms. The van der Waals surface area contributed by atoms with Crippen LogP contribution in [0.1, 0.15) is 18.4 Å². The second-order valence-corrected chi connectivity index (χ2v) is 5.92. The third-order valence-electron chi connectivity index (χ3n) is 4.14. The SMILES string of the molecule is O=C(Nc1ccc(Cl)nc1)C1(c2cccc(F)c2)CCOCC1. The van der Waals surface area contributed by atoms with Gasteiger partial charge in [0.05, 0.1) is 17.3 Å². The molecule has 0 atom stereocenters. The molecule has 6 heteroatoms. The fourth-order valence-corrected chi connectivity index (χ4v) is 2.97. The number of hydrogen-bond donors (Lipinski definition) is 1. The molecule has 4 nitrogen and oxygen atoms in total. The summed E-state index contributed by atoms with van der Waals surface area (Å²) in [5.74, 6) is -0.537. The Morgan fingerprint density at radius 3 is 2.70 bits per heavy atom. The van der Waals surface area contributed by atoms with Crippen LogP contribution in [0.2, 0.25) is 5.15 Å². The molecule has 1 N–H and O–H groups in total. The van der Waals surface area contributed by atoms with Crippen molar-refractivity contribution in [3.05, 3.63) is 59.1 Å². The molecular formula is C17H16ClFN2O2. The lowest BCUT2D eigenvalue weighted by Crippen LogP contribution is -2.44. The standard InChI is InChI=1S/C17H16ClFN2O2/c18-15-5-4-14(11-20-15)21-16(22)17(6-8-23-9-7-17)12-2-1-3-13(19)10-12/h1-5,10-11H,6-9H2,(H,21,22). The molecule has 1 aromatic heterocycles. The predicted octanol–water partition coefficient (Wildman–Crippen LogP) is 3.56. The number of carbonyl (C=O) groups is 1. The van der Waals surface area contributed by atoms with E-state index in [0.29, 0.717) is 42.5 Å². The fourth-order valence-electron chi connectivity index (χ4n) is 2.85. The molecule has 3 rings (SSSR count). The summed E-state index contributed by atoms with van der Waals surface area (Å²) in [5, 5.41) is 3.22. The zero-order chi connectivity index (χ0) is 16.3. The van der Waals surface area contributed by atoms with Crippen LogP contribution in [-0.4, -0.2) is 24.1 Å². The molecule has 1 saturated heterocycles. The fraction of sp³-hybridized carbons (Fsp3) is 0.294. The molecule has 0 aliphatic carbocycles. The number of ether oxygens (including phenoxy) is 1. The van der Waals surface area contributed by atoms with Gasteiger partial charge in [-0.1, -0.05) is 23.7 Å². The van der Waals surface area contributed by atoms with Gasteiger partial charge in [0.25, 0.3) is 0 Å². The van der Waals surface area contributed by atoms with Crippen LogP contribution in [0, 0.1) is 5.82 Å². The van der Waals surface area contributed by atoms with Crippen LogP contribution < -0.4 is 5.32 Å². The molecular weight excluding hydrogens is 319 g/mol. The van der Waals surface area contributed by atoms with E-state index in [0.717, 1.165) is 0 Å². The number of pyridine rings is 1. The van der Waals surface area contributed by atoms with E-state index in [9.17, 15) is 9.18 Å². The zero-order valence-corrected chi connectivity index (χ0v) is 13.1. The number of halogens is 2. The van der Waals surface area contributed by atoms with Gasteiger partial charge in [0.15, 0.2) is 0 Å². The van der Waals surface area contributed by atoms with Crippen LogP contribution in [-0.2, 0) is 14.9 Å². The van der Waals surface area contributed by atoms with Gasteiger partial charge in [0, 0.05) is 13.2 Å². The van der Waals surface area contributed by atoms with Crippen molar-refractivity contribution in [1.29, 1.82) is 0 Å². The van der Waals surface area contributed by atoms with Crippen LogP contribution >= 0.6 is 11.6 Å². The minimum absolute atomic E-state index is 0.185. The van der Waals surface area contributed by atoms with Crippen molar-refractivity contribution in [2.75, 3.05) is 18.5 Å². The van der Waals surface area contributed by atoms with Crippen LogP contribution in [0.25, 0.3) is 0 Å². The third-order valence-corrected chi connectivity index (χ3v) is 4.37. The molecule has 0 radical (unpaired) electrons. The van der Waals surface area contributed by atoms with Crippen LogP contribution in [0.4, 0.5) is 10.1 Å². The Labute approximate surface area is 138 Å². The summed E-state index contributed by atoms with van der Waals surface area (Å²) in [5.41, 5.74) is 0.418. The Kier molecular flexibility index (Phi) is 4.59. The average molecular weight is 335 g/mol. The Bertz CT molecular complexity index is 700. The van der Waals surface area contributed by atoms with Crippen LogP contribution in [0.3, 0.4) is 0 Å². The van der Waals surface area contributed by atoms with E-state index in [-0.39, 0.29) is 11.7 Å². The Hall–Kier alpha value is -1.98. The van der Waals surface area contributed by atoms with Crippen molar-refractivity contribution in [1.82, 2.24) is 4.98 Å².